The smallest absolute Gasteiger partial charge is 0.252 e. The van der Waals surface area contributed by atoms with Crippen molar-refractivity contribution in [3.63, 3.8) is 0 Å². The highest BCUT2D eigenvalue weighted by Gasteiger charge is 2.46. The molecule has 0 spiro atoms. The molecule has 0 amide bonds. The molecule has 4 aromatic heterocycles. The van der Waals surface area contributed by atoms with Crippen LogP contribution in [-0.4, -0.2) is 15.8 Å². The van der Waals surface area contributed by atoms with Crippen LogP contribution in [0.25, 0.3) is 121 Å². The summed E-state index contributed by atoms with van der Waals surface area (Å²) in [7, 11) is 0. The van der Waals surface area contributed by atoms with Crippen molar-refractivity contribution >= 4 is 145 Å². The Morgan fingerprint density at radius 2 is 0.775 bits per heavy atom. The van der Waals surface area contributed by atoms with Gasteiger partial charge < -0.3 is 27.8 Å². The molecule has 0 aliphatic carbocycles. The third-order valence-electron chi connectivity index (χ3n) is 18.2. The van der Waals surface area contributed by atoms with E-state index in [9.17, 15) is 9.60 Å². The molecule has 17 aromatic rings. The zero-order chi connectivity index (χ0) is 71.9. The molecule has 0 atom stereocenters. The highest BCUT2D eigenvalue weighted by molar-refractivity contribution is 7.00. The molecule has 89 heavy (non-hydrogen) atoms. The van der Waals surface area contributed by atoms with E-state index in [4.69, 9.17) is 19.8 Å². The zero-order valence-electron chi connectivity index (χ0n) is 63.1. The van der Waals surface area contributed by atoms with Gasteiger partial charge in [-0.25, -0.2) is 0 Å². The summed E-state index contributed by atoms with van der Waals surface area (Å²) in [6, 6.07) is 55.0. The van der Waals surface area contributed by atoms with Gasteiger partial charge in [0.25, 0.3) is 6.71 Å². The lowest BCUT2D eigenvalue weighted by Crippen LogP contribution is -2.61. The number of aromatic nitrogens is 2. The van der Waals surface area contributed by atoms with E-state index in [1.165, 1.54) is 10.6 Å². The Balaban J connectivity index is 0.990. The molecule has 19 rings (SSSR count). The Bertz CT molecular complexity index is 6680. The highest BCUT2D eigenvalue weighted by Crippen LogP contribution is 2.53. The third-order valence-corrected chi connectivity index (χ3v) is 18.2. The molecule has 0 saturated heterocycles. The minimum Gasteiger partial charge on any atom is -0.454 e. The lowest BCUT2D eigenvalue weighted by molar-refractivity contribution is 0.590. The van der Waals surface area contributed by atoms with Crippen molar-refractivity contribution < 1.29 is 29.4 Å². The lowest BCUT2D eigenvalue weighted by Gasteiger charge is -2.45. The topological polar surface area (TPSA) is 42.6 Å². The molecule has 418 valence electrons. The summed E-state index contributed by atoms with van der Waals surface area (Å²) in [6.45, 7) is 5.74. The van der Waals surface area contributed by atoms with Crippen LogP contribution in [0.4, 0.5) is 34.1 Å². The number of hydrogen-bond acceptors (Lipinski definition) is 4. The second-order valence-corrected chi connectivity index (χ2v) is 24.0. The summed E-state index contributed by atoms with van der Waals surface area (Å²) >= 11 is 0. The Kier molecular flexibility index (Phi) is 7.81. The van der Waals surface area contributed by atoms with Crippen LogP contribution in [0.3, 0.4) is 0 Å². The van der Waals surface area contributed by atoms with E-state index in [1.54, 1.807) is 4.57 Å². The fraction of sp³-hybridized carbons (Fsp3) is 0.0488. The molecule has 0 saturated carbocycles. The number of nitrogens with zero attached hydrogens (tertiary/aromatic N) is 4. The van der Waals surface area contributed by atoms with Crippen LogP contribution in [0.1, 0.15) is 46.9 Å². The number of benzene rings is 13. The van der Waals surface area contributed by atoms with Gasteiger partial charge >= 0.3 is 0 Å². The first-order valence-corrected chi connectivity index (χ1v) is 29.6. The quantitative estimate of drug-likeness (QED) is 0.156. The molecular weight excluding hydrogens is 1080 g/mol. The van der Waals surface area contributed by atoms with E-state index in [0.29, 0.717) is 56.5 Å². The van der Waals surface area contributed by atoms with Gasteiger partial charge in [0.15, 0.2) is 11.2 Å². The van der Waals surface area contributed by atoms with Gasteiger partial charge in [0.1, 0.15) is 11.2 Å². The summed E-state index contributed by atoms with van der Waals surface area (Å²) in [5, 5.41) is 3.43. The largest absolute Gasteiger partial charge is 0.454 e. The normalized spacial score (nSPS) is 15.4. The molecule has 2 aliphatic heterocycles. The van der Waals surface area contributed by atoms with Gasteiger partial charge in [-0.15, -0.1) is 0 Å². The van der Waals surface area contributed by atoms with Gasteiger partial charge in [-0.3, -0.25) is 0 Å². The standard InChI is InChI=1S/C82H55BN4O2/c1-82(2,3)52-46-73-79-74(47-52)87(70-45-41-56(51-24-8-5-9-25-51)78-62-31-15-21-37-76(62)89-81(70)78)72-49-54(85-67-34-18-12-28-59(67)60-29-13-19-35-68(60)85)39-43-64(72)83(79)63-42-38-53(84-65-32-16-10-26-57(65)58-27-11-17-33-66(58)84)48-71(63)86(73)69-44-40-55(50-22-6-4-7-23-50)77-61-30-14-20-36-75(61)88-80(69)77/h4-49H,1-3H3/i10D,11D,12D,13D,16D,17D,18D,19D,26D,27D,28D,29D,32D,33D,34D. The Labute approximate surface area is 535 Å². The van der Waals surface area contributed by atoms with E-state index in [-0.39, 0.29) is 61.7 Å². The van der Waals surface area contributed by atoms with E-state index < -0.39 is 84.6 Å². The van der Waals surface area contributed by atoms with Crippen LogP contribution in [0.2, 0.25) is 0 Å². The molecule has 0 bridgehead atoms. The van der Waals surface area contributed by atoms with Gasteiger partial charge in [0.05, 0.1) is 54.0 Å². The monoisotopic (exact) mass is 1150 g/mol. The van der Waals surface area contributed by atoms with Crippen molar-refractivity contribution in [1.82, 2.24) is 9.13 Å². The molecule has 2 aliphatic rings. The van der Waals surface area contributed by atoms with Crippen molar-refractivity contribution in [2.24, 2.45) is 0 Å². The summed E-state index contributed by atoms with van der Waals surface area (Å²) in [5.74, 6) is 0. The number of furan rings is 2. The van der Waals surface area contributed by atoms with Crippen LogP contribution in [-0.2, 0) is 5.41 Å². The van der Waals surface area contributed by atoms with Gasteiger partial charge in [-0.05, 0) is 134 Å². The Hall–Kier alpha value is -11.3. The van der Waals surface area contributed by atoms with E-state index in [0.717, 1.165) is 77.1 Å². The molecular formula is C82H55BN4O2. The number of fused-ring (bicyclic) bond motifs is 16. The zero-order valence-corrected chi connectivity index (χ0v) is 48.1. The van der Waals surface area contributed by atoms with Crippen molar-refractivity contribution in [3.8, 4) is 33.6 Å². The Morgan fingerprint density at radius 3 is 1.25 bits per heavy atom. The van der Waals surface area contributed by atoms with Gasteiger partial charge in [-0.1, -0.05) is 215 Å². The van der Waals surface area contributed by atoms with Crippen LogP contribution < -0.4 is 26.2 Å². The average Bonchev–Trinajstić information content (AvgIpc) is 1.02. The molecule has 6 heterocycles. The molecule has 7 heteroatoms. The van der Waals surface area contributed by atoms with Crippen LogP contribution in [0, 0.1) is 0 Å². The number of anilines is 6. The SMILES string of the molecule is [2H]c1cc2c(c([2H])c1[2H])c1c([2H])c([2H])c([2H])c([2H])c1n2-c1ccc2c(c1)N(c1ccc(-c3ccccc3)c3c1oc1ccccc13)c1cc(C(C)(C)C)cc3c1B2c1ccc(-n2c4c([2H])c([2H])c([2H])c([2H])c4c4c([2H])c([2H])c([2H])c([2H])c42)cc1N3c1ccc(-c2ccccc2)c2c1oc1ccccc12. The van der Waals surface area contributed by atoms with E-state index in [2.05, 4.69) is 97.3 Å². The average molecular weight is 1150 g/mol. The van der Waals surface area contributed by atoms with Crippen LogP contribution in [0.5, 0.6) is 0 Å². The highest BCUT2D eigenvalue weighted by atomic mass is 16.3. The second-order valence-electron chi connectivity index (χ2n) is 24.0. The van der Waals surface area contributed by atoms with E-state index in [1.807, 2.05) is 115 Å². The maximum Gasteiger partial charge on any atom is 0.252 e. The summed E-state index contributed by atoms with van der Waals surface area (Å²) in [4.78, 5) is 4.41. The summed E-state index contributed by atoms with van der Waals surface area (Å²) < 4.78 is 157. The van der Waals surface area contributed by atoms with Crippen molar-refractivity contribution in [2.75, 3.05) is 9.80 Å². The molecule has 13 aromatic carbocycles. The number of hydrogen-bond donors (Lipinski definition) is 0. The second kappa shape index (κ2) is 18.6. The molecule has 0 radical (unpaired) electrons. The number of rotatable bonds is 6. The predicted molar refractivity (Wildman–Crippen MR) is 373 cm³/mol. The van der Waals surface area contributed by atoms with Crippen LogP contribution in [0.15, 0.2) is 288 Å². The maximum atomic E-state index is 9.68. The minimum absolute atomic E-state index is 0.0335. The fourth-order valence-electron chi connectivity index (χ4n) is 14.3. The first-order chi connectivity index (χ1) is 50.0. The molecule has 0 fully saturated rings. The van der Waals surface area contributed by atoms with Gasteiger partial charge in [0.2, 0.25) is 0 Å². The molecule has 0 unspecified atom stereocenters. The van der Waals surface area contributed by atoms with Crippen molar-refractivity contribution in [2.45, 2.75) is 26.2 Å². The molecule has 6 nitrogen and oxygen atoms in total. The number of para-hydroxylation sites is 6. The van der Waals surface area contributed by atoms with Gasteiger partial charge in [-0.2, -0.15) is 0 Å². The Morgan fingerprint density at radius 1 is 0.360 bits per heavy atom. The minimum atomic E-state index is -0.701. The lowest BCUT2D eigenvalue weighted by atomic mass is 9.33. The predicted octanol–water partition coefficient (Wildman–Crippen LogP) is 20.4. The van der Waals surface area contributed by atoms with Crippen molar-refractivity contribution in [1.29, 1.82) is 0 Å². The van der Waals surface area contributed by atoms with E-state index >= 15 is 0 Å². The first-order valence-electron chi connectivity index (χ1n) is 37.1. The van der Waals surface area contributed by atoms with Crippen LogP contribution >= 0.6 is 0 Å². The third kappa shape index (κ3) is 7.15. The molecule has 0 N–H and O–H groups in total. The fourth-order valence-corrected chi connectivity index (χ4v) is 14.3. The van der Waals surface area contributed by atoms with Gasteiger partial charge in [0, 0.05) is 77.2 Å². The summed E-state index contributed by atoms with van der Waals surface area (Å²) in [6.07, 6.45) is 0. The summed E-state index contributed by atoms with van der Waals surface area (Å²) in [5.41, 5.74) is 13.6. The maximum absolute atomic E-state index is 9.68. The van der Waals surface area contributed by atoms with Crippen molar-refractivity contribution in [3.05, 3.63) is 284 Å². The first kappa shape index (κ1) is 37.3.